The number of halogens is 2. The van der Waals surface area contributed by atoms with Gasteiger partial charge >= 0.3 is 0 Å². The van der Waals surface area contributed by atoms with Crippen molar-refractivity contribution >= 4 is 27.5 Å². The van der Waals surface area contributed by atoms with Crippen molar-refractivity contribution in [3.05, 3.63) is 70.0 Å². The predicted molar refractivity (Wildman–Crippen MR) is 130 cm³/mol. The van der Waals surface area contributed by atoms with E-state index in [0.717, 1.165) is 5.56 Å². The maximum absolute atomic E-state index is 14.0. The second-order valence-electron chi connectivity index (χ2n) is 9.73. The van der Waals surface area contributed by atoms with Crippen LogP contribution in [0, 0.1) is 11.7 Å². The predicted octanol–water partition coefficient (Wildman–Crippen LogP) is 5.20. The Hall–Kier alpha value is -1.96. The molecule has 0 saturated carbocycles. The lowest BCUT2D eigenvalue weighted by Gasteiger charge is -2.31. The van der Waals surface area contributed by atoms with Crippen LogP contribution >= 0.6 is 11.6 Å². The monoisotopic (exact) mass is 494 g/mol. The van der Waals surface area contributed by atoms with Gasteiger partial charge in [0.1, 0.15) is 5.82 Å². The number of nitrogens with zero attached hydrogens (tertiary/aromatic N) is 1. The lowest BCUT2D eigenvalue weighted by Crippen LogP contribution is -2.43. The zero-order valence-electron chi connectivity index (χ0n) is 19.6. The Labute approximate surface area is 201 Å². The lowest BCUT2D eigenvalue weighted by molar-refractivity contribution is -0.126. The third-order valence-electron chi connectivity index (χ3n) is 6.24. The minimum atomic E-state index is -3.74. The van der Waals surface area contributed by atoms with Gasteiger partial charge in [-0.05, 0) is 48.4 Å². The highest BCUT2D eigenvalue weighted by Gasteiger charge is 2.32. The van der Waals surface area contributed by atoms with E-state index in [1.54, 1.807) is 0 Å². The molecule has 180 valence electrons. The fourth-order valence-electron chi connectivity index (χ4n) is 4.03. The van der Waals surface area contributed by atoms with Crippen molar-refractivity contribution in [3.8, 4) is 0 Å². The average Bonchev–Trinajstić information content (AvgIpc) is 2.76. The van der Waals surface area contributed by atoms with E-state index in [1.165, 1.54) is 28.1 Å². The van der Waals surface area contributed by atoms with E-state index >= 15 is 0 Å². The topological polar surface area (TPSA) is 66.5 Å². The number of hydrogen-bond acceptors (Lipinski definition) is 3. The molecule has 1 aliphatic rings. The molecule has 1 saturated heterocycles. The summed E-state index contributed by atoms with van der Waals surface area (Å²) in [6.07, 6.45) is 0.845. The largest absolute Gasteiger partial charge is 0.349 e. The summed E-state index contributed by atoms with van der Waals surface area (Å²) in [6.45, 7) is 8.87. The minimum Gasteiger partial charge on any atom is -0.349 e. The normalized spacial score (nSPS) is 17.0. The number of benzene rings is 2. The second-order valence-corrected chi connectivity index (χ2v) is 12.1. The summed E-state index contributed by atoms with van der Waals surface area (Å²) < 4.78 is 41.0. The molecule has 0 unspecified atom stereocenters. The molecule has 1 N–H and O–H groups in total. The number of nitrogens with one attached hydrogen (secondary N) is 1. The molecule has 33 heavy (non-hydrogen) atoms. The van der Waals surface area contributed by atoms with Crippen molar-refractivity contribution < 1.29 is 17.6 Å². The van der Waals surface area contributed by atoms with Crippen LogP contribution in [0.1, 0.15) is 63.3 Å². The first-order valence-corrected chi connectivity index (χ1v) is 13.2. The summed E-state index contributed by atoms with van der Waals surface area (Å²) in [4.78, 5) is 12.8. The van der Waals surface area contributed by atoms with Crippen molar-refractivity contribution in [1.29, 1.82) is 0 Å². The Kier molecular flexibility index (Phi) is 7.87. The van der Waals surface area contributed by atoms with E-state index in [2.05, 4.69) is 38.2 Å². The highest BCUT2D eigenvalue weighted by atomic mass is 35.5. The molecule has 0 aromatic heterocycles. The molecule has 8 heteroatoms. The van der Waals surface area contributed by atoms with Crippen LogP contribution in [0.2, 0.25) is 5.02 Å². The number of piperidine rings is 1. The molecule has 2 aromatic rings. The molecule has 0 aliphatic carbocycles. The zero-order valence-corrected chi connectivity index (χ0v) is 21.1. The van der Waals surface area contributed by atoms with E-state index < -0.39 is 21.6 Å². The SMILES string of the molecule is C[C@@H](NC(=O)C1CCN(S(=O)(=O)Cc2c(F)cccc2Cl)CC1)c1ccc(C(C)(C)C)cc1. The van der Waals surface area contributed by atoms with E-state index in [0.29, 0.717) is 12.8 Å². The summed E-state index contributed by atoms with van der Waals surface area (Å²) in [5, 5.41) is 3.15. The van der Waals surface area contributed by atoms with Crippen LogP contribution in [0.3, 0.4) is 0 Å². The fourth-order valence-corrected chi connectivity index (χ4v) is 5.94. The van der Waals surface area contributed by atoms with Gasteiger partial charge in [0.2, 0.25) is 15.9 Å². The molecule has 0 radical (unpaired) electrons. The number of amides is 1. The highest BCUT2D eigenvalue weighted by molar-refractivity contribution is 7.88. The first-order valence-electron chi connectivity index (χ1n) is 11.2. The fraction of sp³-hybridized carbons (Fsp3) is 0.480. The minimum absolute atomic E-state index is 0.0228. The van der Waals surface area contributed by atoms with Gasteiger partial charge in [0, 0.05) is 29.6 Å². The van der Waals surface area contributed by atoms with Crippen LogP contribution in [-0.4, -0.2) is 31.7 Å². The number of carbonyl (C=O) groups excluding carboxylic acids is 1. The molecule has 2 aromatic carbocycles. The van der Waals surface area contributed by atoms with Gasteiger partial charge in [-0.2, -0.15) is 0 Å². The van der Waals surface area contributed by atoms with Gasteiger partial charge in [-0.25, -0.2) is 17.1 Å². The van der Waals surface area contributed by atoms with Gasteiger partial charge in [-0.1, -0.05) is 62.7 Å². The van der Waals surface area contributed by atoms with Crippen molar-refractivity contribution in [2.24, 2.45) is 5.92 Å². The standard InChI is InChI=1S/C25H32ClFN2O3S/c1-17(18-8-10-20(11-9-18)25(2,3)4)28-24(30)19-12-14-29(15-13-19)33(31,32)16-21-22(26)6-5-7-23(21)27/h5-11,17,19H,12-16H2,1-4H3,(H,28,30)/t17-/m1/s1. The van der Waals surface area contributed by atoms with E-state index in [1.807, 2.05) is 19.1 Å². The Morgan fingerprint density at radius 2 is 1.76 bits per heavy atom. The van der Waals surface area contributed by atoms with Gasteiger partial charge < -0.3 is 5.32 Å². The van der Waals surface area contributed by atoms with Crippen LogP contribution < -0.4 is 5.32 Å². The van der Waals surface area contributed by atoms with Crippen molar-refractivity contribution in [2.45, 2.75) is 57.7 Å². The molecule has 1 fully saturated rings. The van der Waals surface area contributed by atoms with E-state index in [-0.39, 0.29) is 47.0 Å². The van der Waals surface area contributed by atoms with Gasteiger partial charge in [-0.3, -0.25) is 4.79 Å². The van der Waals surface area contributed by atoms with Crippen molar-refractivity contribution in [1.82, 2.24) is 9.62 Å². The van der Waals surface area contributed by atoms with E-state index in [4.69, 9.17) is 11.6 Å². The number of carbonyl (C=O) groups is 1. The molecule has 0 spiro atoms. The third kappa shape index (κ3) is 6.34. The van der Waals surface area contributed by atoms with Crippen LogP contribution in [0.25, 0.3) is 0 Å². The van der Waals surface area contributed by atoms with Gasteiger partial charge in [0.15, 0.2) is 0 Å². The van der Waals surface area contributed by atoms with Gasteiger partial charge in [0.25, 0.3) is 0 Å². The summed E-state index contributed by atoms with van der Waals surface area (Å²) in [7, 11) is -3.74. The summed E-state index contributed by atoms with van der Waals surface area (Å²) >= 11 is 5.99. The molecule has 1 aliphatic heterocycles. The quantitative estimate of drug-likeness (QED) is 0.600. The Balaban J connectivity index is 1.56. The van der Waals surface area contributed by atoms with Gasteiger partial charge in [0.05, 0.1) is 11.8 Å². The van der Waals surface area contributed by atoms with Crippen molar-refractivity contribution in [3.63, 3.8) is 0 Å². The molecular weight excluding hydrogens is 463 g/mol. The number of sulfonamides is 1. The molecule has 5 nitrogen and oxygen atoms in total. The van der Waals surface area contributed by atoms with Crippen LogP contribution in [0.15, 0.2) is 42.5 Å². The molecule has 1 atom stereocenters. The Morgan fingerprint density at radius 1 is 1.15 bits per heavy atom. The molecule has 1 amide bonds. The lowest BCUT2D eigenvalue weighted by atomic mass is 9.86. The number of hydrogen-bond donors (Lipinski definition) is 1. The van der Waals surface area contributed by atoms with E-state index in [9.17, 15) is 17.6 Å². The maximum Gasteiger partial charge on any atom is 0.223 e. The smallest absolute Gasteiger partial charge is 0.223 e. The second kappa shape index (κ2) is 10.1. The maximum atomic E-state index is 14.0. The summed E-state index contributed by atoms with van der Waals surface area (Å²) in [6, 6.07) is 12.2. The average molecular weight is 495 g/mol. The Bertz CT molecular complexity index is 1070. The summed E-state index contributed by atoms with van der Waals surface area (Å²) in [5.74, 6) is -1.46. The molecule has 3 rings (SSSR count). The summed E-state index contributed by atoms with van der Waals surface area (Å²) in [5.41, 5.74) is 2.30. The highest BCUT2D eigenvalue weighted by Crippen LogP contribution is 2.27. The van der Waals surface area contributed by atoms with Crippen LogP contribution in [0.5, 0.6) is 0 Å². The molecule has 1 heterocycles. The first-order chi connectivity index (χ1) is 15.4. The number of rotatable bonds is 6. The first kappa shape index (κ1) is 25.7. The Morgan fingerprint density at radius 3 is 2.30 bits per heavy atom. The zero-order chi connectivity index (χ0) is 24.4. The van der Waals surface area contributed by atoms with Gasteiger partial charge in [-0.15, -0.1) is 0 Å². The molecule has 0 bridgehead atoms. The molecular formula is C25H32ClFN2O3S. The van der Waals surface area contributed by atoms with Crippen molar-refractivity contribution in [2.75, 3.05) is 13.1 Å². The van der Waals surface area contributed by atoms with Crippen LogP contribution in [0.4, 0.5) is 4.39 Å². The van der Waals surface area contributed by atoms with Crippen LogP contribution in [-0.2, 0) is 26.0 Å². The third-order valence-corrected chi connectivity index (χ3v) is 8.40.